The molecule has 1 aliphatic carbocycles. The highest BCUT2D eigenvalue weighted by Gasteiger charge is 2.26. The van der Waals surface area contributed by atoms with E-state index in [4.69, 9.17) is 0 Å². The maximum atomic E-state index is 4.36. The Hall–Kier alpha value is -0.830. The lowest BCUT2D eigenvalue weighted by Gasteiger charge is -2.26. The van der Waals surface area contributed by atoms with Crippen LogP contribution in [0.5, 0.6) is 0 Å². The maximum absolute atomic E-state index is 4.36. The van der Waals surface area contributed by atoms with Crippen LogP contribution in [0, 0.1) is 11.8 Å². The first-order valence-electron chi connectivity index (χ1n) is 7.87. The highest BCUT2D eigenvalue weighted by Crippen LogP contribution is 2.35. The van der Waals surface area contributed by atoms with Gasteiger partial charge in [0, 0.05) is 24.9 Å². The molecular formula is C16H29N3. The molecule has 2 atom stereocenters. The van der Waals surface area contributed by atoms with Crippen molar-refractivity contribution in [3.05, 3.63) is 18.0 Å². The third-order valence-corrected chi connectivity index (χ3v) is 4.36. The van der Waals surface area contributed by atoms with Crippen molar-refractivity contribution in [3.63, 3.8) is 0 Å². The number of hydrogen-bond donors (Lipinski definition) is 1. The Balaban J connectivity index is 2.01. The summed E-state index contributed by atoms with van der Waals surface area (Å²) in [5, 5.41) is 8.03. The number of aromatic nitrogens is 2. The van der Waals surface area contributed by atoms with E-state index in [0.29, 0.717) is 5.92 Å². The van der Waals surface area contributed by atoms with Gasteiger partial charge in [0.2, 0.25) is 0 Å². The monoisotopic (exact) mass is 263 g/mol. The van der Waals surface area contributed by atoms with Crippen LogP contribution in [0.1, 0.15) is 57.6 Å². The number of nitrogens with one attached hydrogen (secondary N) is 1. The van der Waals surface area contributed by atoms with Gasteiger partial charge in [0.05, 0.1) is 0 Å². The van der Waals surface area contributed by atoms with Crippen LogP contribution in [0.25, 0.3) is 0 Å². The highest BCUT2D eigenvalue weighted by atomic mass is 15.3. The van der Waals surface area contributed by atoms with Gasteiger partial charge < -0.3 is 5.32 Å². The molecule has 1 saturated carbocycles. The lowest BCUT2D eigenvalue weighted by molar-refractivity contribution is 0.354. The number of nitrogens with zero attached hydrogens (tertiary/aromatic N) is 2. The van der Waals surface area contributed by atoms with Crippen LogP contribution in [0.2, 0.25) is 0 Å². The fourth-order valence-electron chi connectivity index (χ4n) is 3.32. The second-order valence-corrected chi connectivity index (χ2v) is 6.44. The van der Waals surface area contributed by atoms with E-state index in [1.165, 1.54) is 37.8 Å². The molecule has 0 aliphatic heterocycles. The molecule has 1 N–H and O–H groups in total. The number of hydrogen-bond acceptors (Lipinski definition) is 2. The minimum atomic E-state index is 0.690. The van der Waals surface area contributed by atoms with Crippen LogP contribution in [0.4, 0.5) is 0 Å². The van der Waals surface area contributed by atoms with Crippen LogP contribution < -0.4 is 5.32 Å². The van der Waals surface area contributed by atoms with E-state index < -0.39 is 0 Å². The zero-order chi connectivity index (χ0) is 13.7. The summed E-state index contributed by atoms with van der Waals surface area (Å²) in [6, 6.07) is 2.21. The fraction of sp³-hybridized carbons (Fsp3) is 0.812. The van der Waals surface area contributed by atoms with Crippen molar-refractivity contribution in [1.82, 2.24) is 15.1 Å². The second kappa shape index (κ2) is 7.09. The molecule has 3 heteroatoms. The summed E-state index contributed by atoms with van der Waals surface area (Å²) >= 11 is 0. The van der Waals surface area contributed by atoms with Gasteiger partial charge in [0.1, 0.15) is 0 Å². The van der Waals surface area contributed by atoms with Crippen molar-refractivity contribution in [1.29, 1.82) is 0 Å². The van der Waals surface area contributed by atoms with Gasteiger partial charge in [-0.15, -0.1) is 0 Å². The molecule has 0 spiro atoms. The van der Waals surface area contributed by atoms with Gasteiger partial charge in [-0.3, -0.25) is 4.68 Å². The van der Waals surface area contributed by atoms with Gasteiger partial charge in [-0.1, -0.05) is 33.1 Å². The largest absolute Gasteiger partial charge is 0.316 e. The van der Waals surface area contributed by atoms with Crippen LogP contribution in [-0.2, 0) is 7.05 Å². The van der Waals surface area contributed by atoms with Gasteiger partial charge in [-0.05, 0) is 43.8 Å². The topological polar surface area (TPSA) is 29.9 Å². The molecular weight excluding hydrogens is 234 g/mol. The van der Waals surface area contributed by atoms with E-state index in [1.54, 1.807) is 0 Å². The van der Waals surface area contributed by atoms with Crippen LogP contribution in [0.3, 0.4) is 0 Å². The molecule has 2 rings (SSSR count). The van der Waals surface area contributed by atoms with E-state index in [9.17, 15) is 0 Å². The Bertz CT molecular complexity index is 370. The first-order chi connectivity index (χ1) is 9.18. The van der Waals surface area contributed by atoms with Gasteiger partial charge in [-0.25, -0.2) is 0 Å². The molecule has 1 aromatic heterocycles. The molecule has 1 heterocycles. The van der Waals surface area contributed by atoms with E-state index in [1.807, 2.05) is 6.20 Å². The molecule has 0 radical (unpaired) electrons. The zero-order valence-electron chi connectivity index (χ0n) is 12.7. The van der Waals surface area contributed by atoms with Crippen molar-refractivity contribution in [2.45, 2.75) is 51.9 Å². The number of aryl methyl sites for hydroxylation is 1. The predicted molar refractivity (Wildman–Crippen MR) is 80.2 cm³/mol. The molecule has 2 unspecified atom stereocenters. The van der Waals surface area contributed by atoms with E-state index in [0.717, 1.165) is 24.9 Å². The summed E-state index contributed by atoms with van der Waals surface area (Å²) in [6.07, 6.45) is 8.79. The maximum Gasteiger partial charge on any atom is 0.0492 e. The molecule has 108 valence electrons. The Morgan fingerprint density at radius 3 is 2.79 bits per heavy atom. The van der Waals surface area contributed by atoms with Gasteiger partial charge in [-0.2, -0.15) is 5.10 Å². The van der Waals surface area contributed by atoms with E-state index in [2.05, 4.69) is 42.1 Å². The Morgan fingerprint density at radius 2 is 2.11 bits per heavy atom. The van der Waals surface area contributed by atoms with Gasteiger partial charge >= 0.3 is 0 Å². The SMILES string of the molecule is CC(C)CNCC1CCCCCC1c1ccnn1C. The molecule has 1 aliphatic rings. The van der Waals surface area contributed by atoms with E-state index >= 15 is 0 Å². The highest BCUT2D eigenvalue weighted by molar-refractivity contribution is 5.10. The fourth-order valence-corrected chi connectivity index (χ4v) is 3.32. The van der Waals surface area contributed by atoms with Crippen LogP contribution in [0.15, 0.2) is 12.3 Å². The van der Waals surface area contributed by atoms with E-state index in [-0.39, 0.29) is 0 Å². The standard InChI is InChI=1S/C16H29N3/c1-13(2)11-17-12-14-7-5-4-6-8-15(14)16-9-10-18-19(16)3/h9-10,13-15,17H,4-8,11-12H2,1-3H3. The summed E-state index contributed by atoms with van der Waals surface area (Å²) in [5.74, 6) is 2.20. The first-order valence-corrected chi connectivity index (χ1v) is 7.87. The molecule has 0 aromatic carbocycles. The lowest BCUT2D eigenvalue weighted by Crippen LogP contribution is -2.30. The minimum absolute atomic E-state index is 0.690. The quantitative estimate of drug-likeness (QED) is 0.826. The zero-order valence-corrected chi connectivity index (χ0v) is 12.7. The van der Waals surface area contributed by atoms with Gasteiger partial charge in [0.25, 0.3) is 0 Å². The van der Waals surface area contributed by atoms with Crippen LogP contribution in [-0.4, -0.2) is 22.9 Å². The first kappa shape index (κ1) is 14.6. The normalized spacial score (nSPS) is 24.6. The van der Waals surface area contributed by atoms with Crippen molar-refractivity contribution in [3.8, 4) is 0 Å². The van der Waals surface area contributed by atoms with Crippen molar-refractivity contribution >= 4 is 0 Å². The molecule has 0 amide bonds. The second-order valence-electron chi connectivity index (χ2n) is 6.44. The molecule has 1 fully saturated rings. The summed E-state index contributed by atoms with van der Waals surface area (Å²) in [7, 11) is 2.08. The van der Waals surface area contributed by atoms with Gasteiger partial charge in [0.15, 0.2) is 0 Å². The summed E-state index contributed by atoms with van der Waals surface area (Å²) in [4.78, 5) is 0. The summed E-state index contributed by atoms with van der Waals surface area (Å²) < 4.78 is 2.07. The minimum Gasteiger partial charge on any atom is -0.316 e. The predicted octanol–water partition coefficient (Wildman–Crippen LogP) is 3.33. The summed E-state index contributed by atoms with van der Waals surface area (Å²) in [6.45, 7) is 6.85. The number of rotatable bonds is 5. The third kappa shape index (κ3) is 4.07. The smallest absolute Gasteiger partial charge is 0.0492 e. The Morgan fingerprint density at radius 1 is 1.32 bits per heavy atom. The Labute approximate surface area is 117 Å². The Kier molecular flexibility index (Phi) is 5.44. The molecule has 19 heavy (non-hydrogen) atoms. The summed E-state index contributed by atoms with van der Waals surface area (Å²) in [5.41, 5.74) is 1.43. The average molecular weight is 263 g/mol. The van der Waals surface area contributed by atoms with Crippen molar-refractivity contribution < 1.29 is 0 Å². The third-order valence-electron chi connectivity index (χ3n) is 4.36. The molecule has 0 saturated heterocycles. The van der Waals surface area contributed by atoms with Crippen molar-refractivity contribution in [2.24, 2.45) is 18.9 Å². The average Bonchev–Trinajstić information content (AvgIpc) is 2.65. The molecule has 1 aromatic rings. The molecule has 3 nitrogen and oxygen atoms in total. The van der Waals surface area contributed by atoms with Crippen molar-refractivity contribution in [2.75, 3.05) is 13.1 Å². The lowest BCUT2D eigenvalue weighted by atomic mass is 9.85. The molecule has 0 bridgehead atoms. The van der Waals surface area contributed by atoms with Crippen LogP contribution >= 0.6 is 0 Å².